The third-order valence-corrected chi connectivity index (χ3v) is 13.8. The molecule has 4 aromatic rings. The Morgan fingerprint density at radius 3 is 0.986 bits per heavy atom. The van der Waals surface area contributed by atoms with E-state index in [0.29, 0.717) is 38.1 Å². The zero-order valence-corrected chi connectivity index (χ0v) is 43.8. The van der Waals surface area contributed by atoms with Gasteiger partial charge in [-0.2, -0.15) is 0 Å². The Hall–Kier alpha value is -6.78. The zero-order valence-electron chi connectivity index (χ0n) is 43.8. The van der Waals surface area contributed by atoms with Crippen molar-refractivity contribution in [2.75, 3.05) is 65.6 Å². The van der Waals surface area contributed by atoms with Crippen molar-refractivity contribution < 1.29 is 57.9 Å². The van der Waals surface area contributed by atoms with Gasteiger partial charge in [-0.3, -0.25) is 29.0 Å². The molecule has 2 N–H and O–H groups in total. The number of carboxylic acid groups (broad SMARTS) is 2. The van der Waals surface area contributed by atoms with Crippen molar-refractivity contribution in [1.82, 2.24) is 19.6 Å². The number of aliphatic carboxylic acids is 2. The van der Waals surface area contributed by atoms with Crippen molar-refractivity contribution in [3.8, 4) is 0 Å². The second-order valence-electron chi connectivity index (χ2n) is 19.8. The number of hydrogen-bond donors (Lipinski definition) is 2. The van der Waals surface area contributed by atoms with Crippen LogP contribution in [-0.2, 0) is 64.4 Å². The maximum absolute atomic E-state index is 11.8. The van der Waals surface area contributed by atoms with Crippen molar-refractivity contribution in [1.29, 1.82) is 0 Å². The Morgan fingerprint density at radius 2 is 0.703 bits per heavy atom. The number of likely N-dealkylation sites (tertiary alicyclic amines) is 4. The molecule has 4 aliphatic heterocycles. The molecule has 0 spiro atoms. The van der Waals surface area contributed by atoms with E-state index in [-0.39, 0.29) is 61.9 Å². The van der Waals surface area contributed by atoms with Gasteiger partial charge in [0, 0.05) is 65.4 Å². The van der Waals surface area contributed by atoms with Crippen LogP contribution in [0.3, 0.4) is 0 Å². The lowest BCUT2D eigenvalue weighted by Gasteiger charge is -2.15. The lowest BCUT2D eigenvalue weighted by atomic mass is 9.99. The van der Waals surface area contributed by atoms with Crippen LogP contribution in [0.2, 0.25) is 0 Å². The second-order valence-corrected chi connectivity index (χ2v) is 19.8. The van der Waals surface area contributed by atoms with E-state index in [9.17, 15) is 28.8 Å². The van der Waals surface area contributed by atoms with E-state index in [1.165, 1.54) is 20.9 Å². The van der Waals surface area contributed by atoms with E-state index in [0.717, 1.165) is 50.4 Å². The van der Waals surface area contributed by atoms with Crippen molar-refractivity contribution in [3.63, 3.8) is 0 Å². The van der Waals surface area contributed by atoms with Crippen LogP contribution in [0, 0.1) is 47.3 Å². The molecule has 0 bridgehead atoms. The molecule has 0 radical (unpaired) electrons. The second kappa shape index (κ2) is 29.8. The van der Waals surface area contributed by atoms with Gasteiger partial charge in [-0.05, 0) is 59.8 Å². The summed E-state index contributed by atoms with van der Waals surface area (Å²) in [7, 11) is 0. The van der Waals surface area contributed by atoms with E-state index >= 15 is 0 Å². The summed E-state index contributed by atoms with van der Waals surface area (Å²) in [6.07, 6.45) is -0.890. The minimum Gasteiger partial charge on any atom is -0.481 e. The standard InChI is InChI=1S/2C15H21NO2.2C14H17NO4/c2*1-3-18-15(17)14-11-16(9-12(14)2)10-13-7-5-4-6-8-13;2*1-10-7-15(8-12(10)13(16)17)14(18)19-9-11-5-3-2-4-6-11/h2*4-8,12,14H,3,9-11H2,1-2H3;2*2-6,10,12H,7-9H2,1H3,(H,16,17)/t2*12-,14+;2*10-,12+/m1010/s1. The topological polar surface area (TPSA) is 193 Å². The lowest BCUT2D eigenvalue weighted by molar-refractivity contribution is -0.149. The molecule has 0 unspecified atom stereocenters. The first kappa shape index (κ1) is 58.1. The molecule has 16 heteroatoms. The molecule has 8 atom stereocenters. The van der Waals surface area contributed by atoms with Crippen LogP contribution in [0.4, 0.5) is 9.59 Å². The van der Waals surface area contributed by atoms with Gasteiger partial charge >= 0.3 is 36.1 Å². The quantitative estimate of drug-likeness (QED) is 0.0901. The predicted octanol–water partition coefficient (Wildman–Crippen LogP) is 8.59. The monoisotopic (exact) mass is 1020 g/mol. The molecular weight excluding hydrogens is 945 g/mol. The van der Waals surface area contributed by atoms with Crippen LogP contribution in [0.1, 0.15) is 63.8 Å². The fourth-order valence-electron chi connectivity index (χ4n) is 9.68. The number of hydrogen-bond acceptors (Lipinski definition) is 12. The highest BCUT2D eigenvalue weighted by atomic mass is 16.6. The Labute approximate surface area is 436 Å². The number of benzene rings is 4. The van der Waals surface area contributed by atoms with Gasteiger partial charge in [-0.15, -0.1) is 0 Å². The van der Waals surface area contributed by atoms with Gasteiger partial charge in [0.25, 0.3) is 0 Å². The maximum atomic E-state index is 11.8. The smallest absolute Gasteiger partial charge is 0.410 e. The van der Waals surface area contributed by atoms with Crippen LogP contribution >= 0.6 is 0 Å². The van der Waals surface area contributed by atoms with Gasteiger partial charge in [0.2, 0.25) is 0 Å². The minimum atomic E-state index is -0.856. The molecular formula is C58H76N4O12. The molecule has 4 fully saturated rings. The van der Waals surface area contributed by atoms with Crippen molar-refractivity contribution in [2.24, 2.45) is 47.3 Å². The maximum Gasteiger partial charge on any atom is 0.410 e. The van der Waals surface area contributed by atoms with Gasteiger partial charge in [0.1, 0.15) is 13.2 Å². The first-order chi connectivity index (χ1) is 35.6. The van der Waals surface area contributed by atoms with E-state index in [1.807, 2.05) is 100 Å². The summed E-state index contributed by atoms with van der Waals surface area (Å²) in [5.74, 6) is -2.03. The Kier molecular flexibility index (Phi) is 23.4. The Morgan fingerprint density at radius 1 is 0.405 bits per heavy atom. The van der Waals surface area contributed by atoms with Gasteiger partial charge in [0.15, 0.2) is 0 Å². The number of carbonyl (C=O) groups is 6. The van der Waals surface area contributed by atoms with Gasteiger partial charge in [0.05, 0.1) is 36.9 Å². The Bertz CT molecular complexity index is 2200. The molecule has 8 rings (SSSR count). The van der Waals surface area contributed by atoms with Gasteiger partial charge in [-0.1, -0.05) is 149 Å². The van der Waals surface area contributed by atoms with Crippen LogP contribution < -0.4 is 0 Å². The molecule has 2 amide bonds. The zero-order chi connectivity index (χ0) is 53.6. The average Bonchev–Trinajstić information content (AvgIpc) is 4.19. The predicted molar refractivity (Wildman–Crippen MR) is 279 cm³/mol. The van der Waals surface area contributed by atoms with Crippen LogP contribution in [0.15, 0.2) is 121 Å². The number of nitrogens with zero attached hydrogens (tertiary/aromatic N) is 4. The Balaban J connectivity index is 0.000000183. The fraction of sp³-hybridized carbons (Fsp3) is 0.483. The number of carbonyl (C=O) groups excluding carboxylic acids is 4. The summed E-state index contributed by atoms with van der Waals surface area (Å²) in [6.45, 7) is 19.8. The SMILES string of the molecule is CCOC(=O)[C@@H]1CN(Cc2ccccc2)C[C@@H]1C.CCOC(=O)[C@H]1CN(Cc2ccccc2)C[C@H]1C.C[C@@H]1CN(C(=O)OCc2ccccc2)C[C@@H]1C(=O)O.C[C@H]1CN(C(=O)OCc2ccccc2)C[C@H]1C(=O)O. The minimum absolute atomic E-state index is 0.0358. The molecule has 16 nitrogen and oxygen atoms in total. The van der Waals surface area contributed by atoms with Crippen LogP contribution in [0.5, 0.6) is 0 Å². The average molecular weight is 1020 g/mol. The summed E-state index contributed by atoms with van der Waals surface area (Å²) < 4.78 is 20.6. The van der Waals surface area contributed by atoms with E-state index < -0.39 is 36.0 Å². The van der Waals surface area contributed by atoms with Crippen LogP contribution in [-0.4, -0.2) is 131 Å². The van der Waals surface area contributed by atoms with E-state index in [4.69, 9.17) is 29.2 Å². The molecule has 0 aliphatic carbocycles. The summed E-state index contributed by atoms with van der Waals surface area (Å²) in [5.41, 5.74) is 4.43. The number of esters is 2. The number of rotatable bonds is 14. The molecule has 4 saturated heterocycles. The van der Waals surface area contributed by atoms with Crippen molar-refractivity contribution in [3.05, 3.63) is 144 Å². The molecule has 0 saturated carbocycles. The normalized spacial score (nSPS) is 23.2. The molecule has 400 valence electrons. The van der Waals surface area contributed by atoms with Crippen molar-refractivity contribution >= 4 is 36.1 Å². The molecule has 4 heterocycles. The molecule has 74 heavy (non-hydrogen) atoms. The highest BCUT2D eigenvalue weighted by molar-refractivity contribution is 5.76. The number of carboxylic acids is 2. The first-order valence-electron chi connectivity index (χ1n) is 25.8. The summed E-state index contributed by atoms with van der Waals surface area (Å²) in [6, 6.07) is 39.6. The fourth-order valence-corrected chi connectivity index (χ4v) is 9.68. The van der Waals surface area contributed by atoms with Gasteiger partial charge < -0.3 is 39.0 Å². The van der Waals surface area contributed by atoms with Crippen LogP contribution in [0.25, 0.3) is 0 Å². The molecule has 0 aromatic heterocycles. The lowest BCUT2D eigenvalue weighted by Crippen LogP contribution is -2.30. The third kappa shape index (κ3) is 18.3. The summed E-state index contributed by atoms with van der Waals surface area (Å²) in [5, 5.41) is 18.0. The number of ether oxygens (including phenoxy) is 4. The van der Waals surface area contributed by atoms with E-state index in [2.05, 4.69) is 72.2 Å². The van der Waals surface area contributed by atoms with Crippen molar-refractivity contribution in [2.45, 2.75) is 67.8 Å². The molecule has 4 aliphatic rings. The number of amides is 2. The largest absolute Gasteiger partial charge is 0.481 e. The first-order valence-corrected chi connectivity index (χ1v) is 25.8. The van der Waals surface area contributed by atoms with Gasteiger partial charge in [-0.25, -0.2) is 9.59 Å². The molecule has 4 aromatic carbocycles. The summed E-state index contributed by atoms with van der Waals surface area (Å²) in [4.78, 5) is 76.9. The summed E-state index contributed by atoms with van der Waals surface area (Å²) >= 11 is 0. The highest BCUT2D eigenvalue weighted by Crippen LogP contribution is 2.28. The highest BCUT2D eigenvalue weighted by Gasteiger charge is 2.40. The van der Waals surface area contributed by atoms with E-state index in [1.54, 1.807) is 0 Å². The third-order valence-electron chi connectivity index (χ3n) is 13.8.